The smallest absolute Gasteiger partial charge is 0.271 e. The van der Waals surface area contributed by atoms with Crippen LogP contribution < -0.4 is 10.2 Å². The van der Waals surface area contributed by atoms with Gasteiger partial charge in [0.15, 0.2) is 0 Å². The Labute approximate surface area is 140 Å². The van der Waals surface area contributed by atoms with Crippen molar-refractivity contribution in [3.05, 3.63) is 68.2 Å². The van der Waals surface area contributed by atoms with Crippen molar-refractivity contribution in [1.82, 2.24) is 5.43 Å². The Hall–Kier alpha value is -2.74. The second-order valence-corrected chi connectivity index (χ2v) is 5.25. The molecule has 0 spiro atoms. The molecule has 0 radical (unpaired) electrons. The molecule has 0 bridgehead atoms. The first-order chi connectivity index (χ1) is 11.0. The molecule has 0 fully saturated rings. The van der Waals surface area contributed by atoms with Crippen molar-refractivity contribution < 1.29 is 14.5 Å². The van der Waals surface area contributed by atoms with Crippen LogP contribution in [0, 0.1) is 10.1 Å². The highest BCUT2D eigenvalue weighted by Crippen LogP contribution is 2.25. The van der Waals surface area contributed by atoms with Gasteiger partial charge in [0.25, 0.3) is 11.6 Å². The van der Waals surface area contributed by atoms with Gasteiger partial charge in [0.05, 0.1) is 22.7 Å². The number of ether oxygens (including phenoxy) is 1. The molecule has 0 saturated carbocycles. The van der Waals surface area contributed by atoms with E-state index in [1.54, 1.807) is 18.2 Å². The van der Waals surface area contributed by atoms with Crippen molar-refractivity contribution in [3.8, 4) is 5.75 Å². The number of hydrogen-bond donors (Lipinski definition) is 1. The fourth-order valence-electron chi connectivity index (χ4n) is 1.72. The van der Waals surface area contributed by atoms with E-state index in [4.69, 9.17) is 4.74 Å². The van der Waals surface area contributed by atoms with Crippen LogP contribution in [-0.4, -0.2) is 24.2 Å². The van der Waals surface area contributed by atoms with Crippen LogP contribution in [0.3, 0.4) is 0 Å². The van der Waals surface area contributed by atoms with Crippen LogP contribution in [0.4, 0.5) is 5.69 Å². The number of nitrogens with one attached hydrogen (secondary N) is 1. The molecule has 8 heteroatoms. The summed E-state index contributed by atoms with van der Waals surface area (Å²) < 4.78 is 5.75. The number of hydrogen-bond acceptors (Lipinski definition) is 5. The molecule has 0 aliphatic rings. The van der Waals surface area contributed by atoms with Gasteiger partial charge in [0.2, 0.25) is 0 Å². The molecule has 7 nitrogen and oxygen atoms in total. The molecule has 2 aromatic carbocycles. The topological polar surface area (TPSA) is 93.8 Å². The molecule has 2 aromatic rings. The van der Waals surface area contributed by atoms with Gasteiger partial charge >= 0.3 is 0 Å². The fraction of sp³-hybridized carbons (Fsp3) is 0.0667. The highest BCUT2D eigenvalue weighted by Gasteiger charge is 2.08. The Morgan fingerprint density at radius 1 is 1.30 bits per heavy atom. The van der Waals surface area contributed by atoms with Crippen LogP contribution in [0.5, 0.6) is 5.75 Å². The SMILES string of the molecule is COc1ccc(C(=O)NN=Cc2ccc([N+](=O)[O-])cc2)cc1Br. The lowest BCUT2D eigenvalue weighted by atomic mass is 10.2. The van der Waals surface area contributed by atoms with Crippen molar-refractivity contribution in [1.29, 1.82) is 0 Å². The van der Waals surface area contributed by atoms with Crippen molar-refractivity contribution in [2.24, 2.45) is 5.10 Å². The third kappa shape index (κ3) is 4.36. The molecule has 0 saturated heterocycles. The maximum Gasteiger partial charge on any atom is 0.271 e. The minimum Gasteiger partial charge on any atom is -0.496 e. The molecule has 2 rings (SSSR count). The molecule has 0 aromatic heterocycles. The first-order valence-electron chi connectivity index (χ1n) is 6.42. The van der Waals surface area contributed by atoms with E-state index in [9.17, 15) is 14.9 Å². The summed E-state index contributed by atoms with van der Waals surface area (Å²) in [4.78, 5) is 22.0. The zero-order valence-corrected chi connectivity index (χ0v) is 13.6. The third-order valence-corrected chi connectivity index (χ3v) is 3.52. The van der Waals surface area contributed by atoms with E-state index < -0.39 is 4.92 Å². The minimum absolute atomic E-state index is 0.00531. The van der Waals surface area contributed by atoms with Gasteiger partial charge in [-0.15, -0.1) is 0 Å². The normalized spacial score (nSPS) is 10.5. The molecular formula is C15H12BrN3O4. The van der Waals surface area contributed by atoms with Crippen molar-refractivity contribution in [2.45, 2.75) is 0 Å². The standard InChI is InChI=1S/C15H12BrN3O4/c1-23-14-7-4-11(8-13(14)16)15(20)18-17-9-10-2-5-12(6-3-10)19(21)22/h2-9H,1H3,(H,18,20). The van der Waals surface area contributed by atoms with Gasteiger partial charge in [-0.25, -0.2) is 5.43 Å². The van der Waals surface area contributed by atoms with Gasteiger partial charge in [-0.1, -0.05) is 0 Å². The van der Waals surface area contributed by atoms with Crippen molar-refractivity contribution >= 4 is 33.7 Å². The molecular weight excluding hydrogens is 366 g/mol. The summed E-state index contributed by atoms with van der Waals surface area (Å²) in [6, 6.07) is 10.7. The van der Waals surface area contributed by atoms with Crippen LogP contribution in [-0.2, 0) is 0 Å². The highest BCUT2D eigenvalue weighted by atomic mass is 79.9. The Kier molecular flexibility index (Phi) is 5.42. The summed E-state index contributed by atoms with van der Waals surface area (Å²) in [5.74, 6) is 0.238. The molecule has 0 unspecified atom stereocenters. The number of nitro benzene ring substituents is 1. The number of rotatable bonds is 5. The van der Waals surface area contributed by atoms with E-state index in [2.05, 4.69) is 26.5 Å². The molecule has 0 atom stereocenters. The summed E-state index contributed by atoms with van der Waals surface area (Å²) in [5, 5.41) is 14.4. The number of amides is 1. The van der Waals surface area contributed by atoms with Gasteiger partial charge in [0, 0.05) is 17.7 Å². The van der Waals surface area contributed by atoms with Gasteiger partial charge in [-0.2, -0.15) is 5.10 Å². The summed E-state index contributed by atoms with van der Waals surface area (Å²) in [6.07, 6.45) is 1.40. The molecule has 23 heavy (non-hydrogen) atoms. The first-order valence-corrected chi connectivity index (χ1v) is 7.22. The molecule has 0 aliphatic carbocycles. The summed E-state index contributed by atoms with van der Waals surface area (Å²) in [5.41, 5.74) is 3.43. The number of hydrazone groups is 1. The number of carbonyl (C=O) groups excluding carboxylic acids is 1. The molecule has 1 amide bonds. The van der Waals surface area contributed by atoms with Gasteiger partial charge in [0.1, 0.15) is 5.75 Å². The lowest BCUT2D eigenvalue weighted by Crippen LogP contribution is -2.17. The van der Waals surface area contributed by atoms with Gasteiger partial charge in [-0.05, 0) is 51.8 Å². The van der Waals surface area contributed by atoms with Crippen molar-refractivity contribution in [3.63, 3.8) is 0 Å². The maximum absolute atomic E-state index is 12.0. The number of non-ortho nitro benzene ring substituents is 1. The Morgan fingerprint density at radius 2 is 2.00 bits per heavy atom. The Bertz CT molecular complexity index is 760. The summed E-state index contributed by atoms with van der Waals surface area (Å²) >= 11 is 3.30. The van der Waals surface area contributed by atoms with E-state index in [0.29, 0.717) is 21.3 Å². The van der Waals surface area contributed by atoms with Crippen LogP contribution in [0.25, 0.3) is 0 Å². The van der Waals surface area contributed by atoms with Crippen LogP contribution >= 0.6 is 15.9 Å². The zero-order valence-electron chi connectivity index (χ0n) is 12.0. The molecule has 0 aliphatic heterocycles. The maximum atomic E-state index is 12.0. The van der Waals surface area contributed by atoms with E-state index >= 15 is 0 Å². The first kappa shape index (κ1) is 16.6. The summed E-state index contributed by atoms with van der Waals surface area (Å²) in [7, 11) is 1.54. The van der Waals surface area contributed by atoms with E-state index in [-0.39, 0.29) is 11.6 Å². The predicted molar refractivity (Wildman–Crippen MR) is 88.9 cm³/mol. The Balaban J connectivity index is 2.00. The van der Waals surface area contributed by atoms with E-state index in [1.165, 1.54) is 37.6 Å². The predicted octanol–water partition coefficient (Wildman–Crippen LogP) is 3.13. The van der Waals surface area contributed by atoms with Gasteiger partial charge < -0.3 is 4.74 Å². The second kappa shape index (κ2) is 7.50. The number of nitrogens with zero attached hydrogens (tertiary/aromatic N) is 2. The largest absolute Gasteiger partial charge is 0.496 e. The average molecular weight is 378 g/mol. The zero-order chi connectivity index (χ0) is 16.8. The minimum atomic E-state index is -0.482. The fourth-order valence-corrected chi connectivity index (χ4v) is 2.26. The van der Waals surface area contributed by atoms with Crippen molar-refractivity contribution in [2.75, 3.05) is 7.11 Å². The number of nitro groups is 1. The number of benzene rings is 2. The highest BCUT2D eigenvalue weighted by molar-refractivity contribution is 9.10. The Morgan fingerprint density at radius 3 is 2.57 bits per heavy atom. The van der Waals surface area contributed by atoms with Crippen LogP contribution in [0.15, 0.2) is 52.0 Å². The quantitative estimate of drug-likeness (QED) is 0.491. The molecule has 0 heterocycles. The monoisotopic (exact) mass is 377 g/mol. The lowest BCUT2D eigenvalue weighted by molar-refractivity contribution is -0.384. The number of halogens is 1. The van der Waals surface area contributed by atoms with Crippen LogP contribution in [0.2, 0.25) is 0 Å². The molecule has 1 N–H and O–H groups in total. The van der Waals surface area contributed by atoms with E-state index in [1.807, 2.05) is 0 Å². The molecule has 118 valence electrons. The summed E-state index contributed by atoms with van der Waals surface area (Å²) in [6.45, 7) is 0. The second-order valence-electron chi connectivity index (χ2n) is 4.40. The number of carbonyl (C=O) groups is 1. The third-order valence-electron chi connectivity index (χ3n) is 2.90. The van der Waals surface area contributed by atoms with Crippen LogP contribution in [0.1, 0.15) is 15.9 Å². The van der Waals surface area contributed by atoms with Gasteiger partial charge in [-0.3, -0.25) is 14.9 Å². The lowest BCUT2D eigenvalue weighted by Gasteiger charge is -2.05. The average Bonchev–Trinajstić information content (AvgIpc) is 2.55. The number of methoxy groups -OCH3 is 1. The van der Waals surface area contributed by atoms with E-state index in [0.717, 1.165) is 0 Å².